The lowest BCUT2D eigenvalue weighted by Crippen LogP contribution is -2.11. The van der Waals surface area contributed by atoms with Crippen molar-refractivity contribution in [3.8, 4) is 0 Å². The normalized spacial score (nSPS) is 10.6. The Balaban J connectivity index is 2.08. The SMILES string of the molecule is CCc1nnc(NCc2ccnn2C)nc1CC. The van der Waals surface area contributed by atoms with Gasteiger partial charge < -0.3 is 5.32 Å². The highest BCUT2D eigenvalue weighted by Crippen LogP contribution is 2.07. The van der Waals surface area contributed by atoms with E-state index >= 15 is 0 Å². The topological polar surface area (TPSA) is 68.5 Å². The Hall–Kier alpha value is -1.98. The van der Waals surface area contributed by atoms with Crippen LogP contribution in [-0.2, 0) is 26.4 Å². The van der Waals surface area contributed by atoms with Gasteiger partial charge in [-0.05, 0) is 18.9 Å². The fourth-order valence-corrected chi connectivity index (χ4v) is 1.76. The van der Waals surface area contributed by atoms with Gasteiger partial charge in [-0.1, -0.05) is 13.8 Å². The van der Waals surface area contributed by atoms with Gasteiger partial charge in [-0.15, -0.1) is 5.10 Å². The lowest BCUT2D eigenvalue weighted by molar-refractivity contribution is 0.716. The van der Waals surface area contributed by atoms with Gasteiger partial charge in [0.25, 0.3) is 0 Å². The molecule has 96 valence electrons. The summed E-state index contributed by atoms with van der Waals surface area (Å²) >= 11 is 0. The van der Waals surface area contributed by atoms with Crippen LogP contribution in [0.1, 0.15) is 30.9 Å². The molecule has 2 aromatic rings. The van der Waals surface area contributed by atoms with Crippen LogP contribution in [0.25, 0.3) is 0 Å². The van der Waals surface area contributed by atoms with Crippen LogP contribution in [0, 0.1) is 0 Å². The first-order valence-electron chi connectivity index (χ1n) is 6.17. The van der Waals surface area contributed by atoms with Gasteiger partial charge in [0, 0.05) is 13.2 Å². The van der Waals surface area contributed by atoms with Crippen molar-refractivity contribution < 1.29 is 0 Å². The summed E-state index contributed by atoms with van der Waals surface area (Å²) in [4.78, 5) is 4.48. The summed E-state index contributed by atoms with van der Waals surface area (Å²) in [6, 6.07) is 1.96. The first kappa shape index (κ1) is 12.5. The molecule has 0 unspecified atom stereocenters. The number of hydrogen-bond donors (Lipinski definition) is 1. The second kappa shape index (κ2) is 5.57. The van der Waals surface area contributed by atoms with E-state index in [2.05, 4.69) is 39.4 Å². The van der Waals surface area contributed by atoms with Crippen molar-refractivity contribution in [2.45, 2.75) is 33.2 Å². The monoisotopic (exact) mass is 246 g/mol. The third-order valence-corrected chi connectivity index (χ3v) is 2.86. The second-order valence-electron chi connectivity index (χ2n) is 4.04. The van der Waals surface area contributed by atoms with Crippen LogP contribution in [0.15, 0.2) is 12.3 Å². The minimum absolute atomic E-state index is 0.574. The molecular weight excluding hydrogens is 228 g/mol. The van der Waals surface area contributed by atoms with Crippen LogP contribution in [0.3, 0.4) is 0 Å². The summed E-state index contributed by atoms with van der Waals surface area (Å²) in [6.45, 7) is 4.79. The summed E-state index contributed by atoms with van der Waals surface area (Å²) in [7, 11) is 1.91. The lowest BCUT2D eigenvalue weighted by atomic mass is 10.2. The molecule has 0 bridgehead atoms. The van der Waals surface area contributed by atoms with Crippen molar-refractivity contribution in [2.24, 2.45) is 7.05 Å². The highest BCUT2D eigenvalue weighted by atomic mass is 15.3. The van der Waals surface area contributed by atoms with Gasteiger partial charge in [0.15, 0.2) is 0 Å². The largest absolute Gasteiger partial charge is 0.347 e. The second-order valence-corrected chi connectivity index (χ2v) is 4.04. The smallest absolute Gasteiger partial charge is 0.243 e. The maximum Gasteiger partial charge on any atom is 0.243 e. The molecule has 6 nitrogen and oxygen atoms in total. The molecule has 0 amide bonds. The van der Waals surface area contributed by atoms with Crippen molar-refractivity contribution in [2.75, 3.05) is 5.32 Å². The molecule has 0 aliphatic rings. The van der Waals surface area contributed by atoms with Gasteiger partial charge in [-0.25, -0.2) is 4.98 Å². The number of hydrogen-bond acceptors (Lipinski definition) is 5. The number of nitrogens with zero attached hydrogens (tertiary/aromatic N) is 5. The highest BCUT2D eigenvalue weighted by Gasteiger charge is 2.06. The van der Waals surface area contributed by atoms with Gasteiger partial charge in [0.05, 0.1) is 23.6 Å². The molecule has 0 aliphatic heterocycles. The van der Waals surface area contributed by atoms with Crippen LogP contribution in [0.2, 0.25) is 0 Å². The minimum atomic E-state index is 0.574. The zero-order chi connectivity index (χ0) is 13.0. The molecular formula is C12H18N6. The predicted molar refractivity (Wildman–Crippen MR) is 69.1 cm³/mol. The molecule has 2 heterocycles. The zero-order valence-corrected chi connectivity index (χ0v) is 11.0. The molecule has 0 saturated carbocycles. The fourth-order valence-electron chi connectivity index (χ4n) is 1.76. The number of rotatable bonds is 5. The highest BCUT2D eigenvalue weighted by molar-refractivity contribution is 5.26. The third-order valence-electron chi connectivity index (χ3n) is 2.86. The van der Waals surface area contributed by atoms with Crippen LogP contribution in [0.4, 0.5) is 5.95 Å². The van der Waals surface area contributed by atoms with Gasteiger partial charge in [0.1, 0.15) is 0 Å². The molecule has 1 N–H and O–H groups in total. The standard InChI is InChI=1S/C12H18N6/c1-4-10-11(5-2)16-17-12(15-10)13-8-9-6-7-14-18(9)3/h6-7H,4-5,8H2,1-3H3,(H,13,15,17). The fraction of sp³-hybridized carbons (Fsp3) is 0.500. The first-order valence-corrected chi connectivity index (χ1v) is 6.17. The summed E-state index contributed by atoms with van der Waals surface area (Å²) in [5.41, 5.74) is 3.07. The van der Waals surface area contributed by atoms with E-state index in [1.165, 1.54) is 0 Å². The number of aromatic nitrogens is 5. The lowest BCUT2D eigenvalue weighted by Gasteiger charge is -2.07. The minimum Gasteiger partial charge on any atom is -0.347 e. The molecule has 0 saturated heterocycles. The van der Waals surface area contributed by atoms with Crippen LogP contribution < -0.4 is 5.32 Å². The summed E-state index contributed by atoms with van der Waals surface area (Å²) in [5, 5.41) is 15.6. The molecule has 6 heteroatoms. The molecule has 0 aliphatic carbocycles. The molecule has 2 aromatic heterocycles. The molecule has 0 atom stereocenters. The maximum absolute atomic E-state index is 4.48. The number of anilines is 1. The Morgan fingerprint density at radius 2 is 1.94 bits per heavy atom. The van der Waals surface area contributed by atoms with E-state index in [1.54, 1.807) is 6.20 Å². The Labute approximate surface area is 106 Å². The van der Waals surface area contributed by atoms with Crippen LogP contribution in [0.5, 0.6) is 0 Å². The number of nitrogens with one attached hydrogen (secondary N) is 1. The van der Waals surface area contributed by atoms with E-state index in [4.69, 9.17) is 0 Å². The van der Waals surface area contributed by atoms with Crippen LogP contribution >= 0.6 is 0 Å². The van der Waals surface area contributed by atoms with E-state index in [0.717, 1.165) is 29.9 Å². The predicted octanol–water partition coefficient (Wildman–Crippen LogP) is 1.34. The summed E-state index contributed by atoms with van der Waals surface area (Å²) in [6.07, 6.45) is 3.51. The van der Waals surface area contributed by atoms with E-state index < -0.39 is 0 Å². The third kappa shape index (κ3) is 2.64. The summed E-state index contributed by atoms with van der Waals surface area (Å²) in [5.74, 6) is 0.574. The van der Waals surface area contributed by atoms with Crippen molar-refractivity contribution in [3.63, 3.8) is 0 Å². The Bertz CT molecular complexity index is 519. The van der Waals surface area contributed by atoms with Gasteiger partial charge in [0.2, 0.25) is 5.95 Å². The van der Waals surface area contributed by atoms with E-state index in [9.17, 15) is 0 Å². The van der Waals surface area contributed by atoms with Crippen molar-refractivity contribution in [1.29, 1.82) is 0 Å². The van der Waals surface area contributed by atoms with Crippen molar-refractivity contribution in [3.05, 3.63) is 29.3 Å². The van der Waals surface area contributed by atoms with E-state index in [1.807, 2.05) is 17.8 Å². The average molecular weight is 246 g/mol. The molecule has 0 aromatic carbocycles. The quantitative estimate of drug-likeness (QED) is 0.862. The number of aryl methyl sites for hydroxylation is 3. The first-order chi connectivity index (χ1) is 8.74. The maximum atomic E-state index is 4.48. The Kier molecular flexibility index (Phi) is 3.86. The van der Waals surface area contributed by atoms with Crippen molar-refractivity contribution >= 4 is 5.95 Å². The van der Waals surface area contributed by atoms with Gasteiger partial charge in [-0.2, -0.15) is 10.2 Å². The molecule has 0 fully saturated rings. The zero-order valence-electron chi connectivity index (χ0n) is 11.0. The Morgan fingerprint density at radius 1 is 1.17 bits per heavy atom. The Morgan fingerprint density at radius 3 is 2.56 bits per heavy atom. The van der Waals surface area contributed by atoms with E-state index in [0.29, 0.717) is 12.5 Å². The molecule has 18 heavy (non-hydrogen) atoms. The van der Waals surface area contributed by atoms with Gasteiger partial charge >= 0.3 is 0 Å². The molecule has 0 radical (unpaired) electrons. The van der Waals surface area contributed by atoms with Crippen molar-refractivity contribution in [1.82, 2.24) is 25.0 Å². The van der Waals surface area contributed by atoms with Gasteiger partial charge in [-0.3, -0.25) is 4.68 Å². The molecule has 2 rings (SSSR count). The molecule has 0 spiro atoms. The van der Waals surface area contributed by atoms with Crippen LogP contribution in [-0.4, -0.2) is 25.0 Å². The average Bonchev–Trinajstić information content (AvgIpc) is 2.81. The summed E-state index contributed by atoms with van der Waals surface area (Å²) < 4.78 is 1.82. The van der Waals surface area contributed by atoms with E-state index in [-0.39, 0.29) is 0 Å².